The predicted octanol–water partition coefficient (Wildman–Crippen LogP) is 2.80. The van der Waals surface area contributed by atoms with Crippen LogP contribution in [0.5, 0.6) is 0 Å². The summed E-state index contributed by atoms with van der Waals surface area (Å²) in [7, 11) is 0. The third kappa shape index (κ3) is 4.79. The lowest BCUT2D eigenvalue weighted by Crippen LogP contribution is -1.88. The van der Waals surface area contributed by atoms with Crippen LogP contribution in [-0.4, -0.2) is 23.9 Å². The highest BCUT2D eigenvalue weighted by Gasteiger charge is 2.12. The minimum absolute atomic E-state index is 0.134. The van der Waals surface area contributed by atoms with Crippen LogP contribution in [0.3, 0.4) is 0 Å². The fourth-order valence-electron chi connectivity index (χ4n) is 0.900. The molecule has 1 rings (SSSR count). The second-order valence-corrected chi connectivity index (χ2v) is 5.84. The van der Waals surface area contributed by atoms with Gasteiger partial charge in [0.15, 0.2) is 0 Å². The summed E-state index contributed by atoms with van der Waals surface area (Å²) in [6, 6.07) is 3.96. The lowest BCUT2D eigenvalue weighted by Gasteiger charge is -2.10. The molecule has 1 aromatic rings. The fraction of sp³-hybridized carbons (Fsp3) is 0.333. The van der Waals surface area contributed by atoms with Gasteiger partial charge in [-0.05, 0) is 11.4 Å². The Hall–Kier alpha value is -0.840. The van der Waals surface area contributed by atoms with Gasteiger partial charge in [-0.3, -0.25) is 0 Å². The quantitative estimate of drug-likeness (QED) is 0.435. The highest BCUT2D eigenvalue weighted by atomic mass is 32.2. The van der Waals surface area contributed by atoms with E-state index in [1.54, 1.807) is 11.3 Å². The second kappa shape index (κ2) is 8.33. The summed E-state index contributed by atoms with van der Waals surface area (Å²) in [5.41, 5.74) is 0. The SMILES string of the molecule is O=C=NCSC(SCN=C=O)c1cccs1. The predicted molar refractivity (Wildman–Crippen MR) is 68.2 cm³/mol. The molecule has 1 aromatic heterocycles. The average molecular weight is 272 g/mol. The van der Waals surface area contributed by atoms with Crippen LogP contribution in [0.25, 0.3) is 0 Å². The Bertz CT molecular complexity index is 373. The van der Waals surface area contributed by atoms with Crippen LogP contribution in [0.4, 0.5) is 0 Å². The van der Waals surface area contributed by atoms with Crippen molar-refractivity contribution in [3.05, 3.63) is 22.4 Å². The Morgan fingerprint density at radius 1 is 1.25 bits per heavy atom. The van der Waals surface area contributed by atoms with E-state index in [1.807, 2.05) is 17.5 Å². The zero-order valence-electron chi connectivity index (χ0n) is 8.16. The largest absolute Gasteiger partial charge is 0.235 e. The van der Waals surface area contributed by atoms with Crippen LogP contribution in [0, 0.1) is 0 Å². The summed E-state index contributed by atoms with van der Waals surface area (Å²) in [6.07, 6.45) is 3.00. The molecule has 0 aliphatic rings. The number of aliphatic imine (C=N–C) groups is 2. The molecular weight excluding hydrogens is 264 g/mol. The fourth-order valence-corrected chi connectivity index (χ4v) is 3.99. The summed E-state index contributed by atoms with van der Waals surface area (Å²) in [5, 5.41) is 1.98. The molecule has 7 heteroatoms. The molecule has 0 aromatic carbocycles. The van der Waals surface area contributed by atoms with Crippen molar-refractivity contribution in [2.45, 2.75) is 4.58 Å². The van der Waals surface area contributed by atoms with Crippen molar-refractivity contribution in [2.75, 3.05) is 11.8 Å². The summed E-state index contributed by atoms with van der Waals surface area (Å²) >= 11 is 4.64. The van der Waals surface area contributed by atoms with E-state index < -0.39 is 0 Å². The van der Waals surface area contributed by atoms with Crippen LogP contribution in [0.2, 0.25) is 0 Å². The zero-order valence-corrected chi connectivity index (χ0v) is 10.6. The topological polar surface area (TPSA) is 58.9 Å². The summed E-state index contributed by atoms with van der Waals surface area (Å²) in [6.45, 7) is 0. The Morgan fingerprint density at radius 3 is 2.31 bits per heavy atom. The van der Waals surface area contributed by atoms with Crippen molar-refractivity contribution < 1.29 is 9.59 Å². The molecule has 0 fully saturated rings. The number of carbonyl (C=O) groups excluding carboxylic acids is 2. The molecule has 0 radical (unpaired) electrons. The third-order valence-electron chi connectivity index (χ3n) is 1.49. The normalized spacial score (nSPS) is 11.2. The molecule has 0 aliphatic carbocycles. The van der Waals surface area contributed by atoms with Crippen LogP contribution in [-0.2, 0) is 9.59 Å². The number of thiophene rings is 1. The van der Waals surface area contributed by atoms with E-state index in [2.05, 4.69) is 9.98 Å². The van der Waals surface area contributed by atoms with E-state index >= 15 is 0 Å². The van der Waals surface area contributed by atoms with E-state index in [0.29, 0.717) is 11.8 Å². The van der Waals surface area contributed by atoms with Crippen molar-refractivity contribution in [3.63, 3.8) is 0 Å². The van der Waals surface area contributed by atoms with Gasteiger partial charge >= 0.3 is 0 Å². The van der Waals surface area contributed by atoms with Gasteiger partial charge < -0.3 is 0 Å². The summed E-state index contributed by atoms with van der Waals surface area (Å²) in [5.74, 6) is 0.730. The van der Waals surface area contributed by atoms with Gasteiger partial charge in [-0.2, -0.15) is 9.98 Å². The van der Waals surface area contributed by atoms with Gasteiger partial charge in [0.2, 0.25) is 12.2 Å². The lowest BCUT2D eigenvalue weighted by molar-refractivity contribution is 0.563. The van der Waals surface area contributed by atoms with Crippen molar-refractivity contribution >= 4 is 47.0 Å². The molecule has 0 amide bonds. The van der Waals surface area contributed by atoms with Crippen molar-refractivity contribution in [2.24, 2.45) is 9.98 Å². The second-order valence-electron chi connectivity index (χ2n) is 2.44. The van der Waals surface area contributed by atoms with Crippen molar-refractivity contribution in [1.29, 1.82) is 0 Å². The minimum Gasteiger partial charge on any atom is -0.211 e. The number of hydrogen-bond donors (Lipinski definition) is 0. The molecule has 0 unspecified atom stereocenters. The molecule has 0 aliphatic heterocycles. The Balaban J connectivity index is 2.54. The third-order valence-corrected chi connectivity index (χ3v) is 5.21. The zero-order chi connectivity index (χ0) is 11.6. The maximum Gasteiger partial charge on any atom is 0.235 e. The van der Waals surface area contributed by atoms with Crippen LogP contribution in [0.1, 0.15) is 9.46 Å². The number of nitrogens with zero attached hydrogens (tertiary/aromatic N) is 2. The van der Waals surface area contributed by atoms with E-state index in [9.17, 15) is 9.59 Å². The number of rotatable bonds is 7. The Kier molecular flexibility index (Phi) is 6.88. The molecule has 84 valence electrons. The summed E-state index contributed by atoms with van der Waals surface area (Å²) < 4.78 is 0.134. The van der Waals surface area contributed by atoms with Gasteiger partial charge in [0.1, 0.15) is 0 Å². The van der Waals surface area contributed by atoms with Crippen molar-refractivity contribution in [1.82, 2.24) is 0 Å². The van der Waals surface area contributed by atoms with Crippen LogP contribution >= 0.6 is 34.9 Å². The van der Waals surface area contributed by atoms with Gasteiger partial charge in [-0.15, -0.1) is 34.9 Å². The molecule has 1 heterocycles. The molecule has 4 nitrogen and oxygen atoms in total. The summed E-state index contributed by atoms with van der Waals surface area (Å²) in [4.78, 5) is 28.1. The number of thioether (sulfide) groups is 2. The van der Waals surface area contributed by atoms with Gasteiger partial charge in [0.05, 0.1) is 16.3 Å². The smallest absolute Gasteiger partial charge is 0.211 e. The van der Waals surface area contributed by atoms with Gasteiger partial charge in [0, 0.05) is 4.88 Å². The number of isocyanates is 2. The molecule has 0 saturated carbocycles. The van der Waals surface area contributed by atoms with Crippen LogP contribution < -0.4 is 0 Å². The van der Waals surface area contributed by atoms with E-state index in [1.165, 1.54) is 35.7 Å². The van der Waals surface area contributed by atoms with Gasteiger partial charge in [0.25, 0.3) is 0 Å². The maximum absolute atomic E-state index is 9.95. The van der Waals surface area contributed by atoms with Gasteiger partial charge in [-0.1, -0.05) is 6.07 Å². The Morgan fingerprint density at radius 2 is 1.88 bits per heavy atom. The molecule has 0 spiro atoms. The molecule has 0 atom stereocenters. The highest BCUT2D eigenvalue weighted by molar-refractivity contribution is 8.16. The van der Waals surface area contributed by atoms with Gasteiger partial charge in [-0.25, -0.2) is 9.59 Å². The van der Waals surface area contributed by atoms with E-state index in [-0.39, 0.29) is 4.58 Å². The van der Waals surface area contributed by atoms with E-state index in [0.717, 1.165) is 4.88 Å². The molecule has 0 bridgehead atoms. The molecule has 16 heavy (non-hydrogen) atoms. The standard InChI is InChI=1S/C9H8N2O2S3/c12-4-10-6-15-9(16-7-11-5-13)8-2-1-3-14-8/h1-3,9H,6-7H2. The molecular formula is C9H8N2O2S3. The molecule has 0 N–H and O–H groups in total. The first kappa shape index (κ1) is 13.2. The van der Waals surface area contributed by atoms with Crippen LogP contribution in [0.15, 0.2) is 27.5 Å². The van der Waals surface area contributed by atoms with E-state index in [4.69, 9.17) is 0 Å². The monoisotopic (exact) mass is 272 g/mol. The lowest BCUT2D eigenvalue weighted by atomic mass is 10.5. The molecule has 0 saturated heterocycles. The maximum atomic E-state index is 9.95. The number of hydrogen-bond acceptors (Lipinski definition) is 7. The van der Waals surface area contributed by atoms with Crippen molar-refractivity contribution in [3.8, 4) is 0 Å². The average Bonchev–Trinajstić information content (AvgIpc) is 2.81. The first-order chi connectivity index (χ1) is 7.88. The minimum atomic E-state index is 0.134. The highest BCUT2D eigenvalue weighted by Crippen LogP contribution is 2.41. The first-order valence-corrected chi connectivity index (χ1v) is 7.20. The first-order valence-electron chi connectivity index (χ1n) is 4.22. The Labute approximate surface area is 105 Å².